The van der Waals surface area contributed by atoms with E-state index >= 15 is 0 Å². The number of allylic oxidation sites excluding steroid dienone is 1. The molecule has 0 bridgehead atoms. The van der Waals surface area contributed by atoms with Crippen LogP contribution in [-0.2, 0) is 14.6 Å². The van der Waals surface area contributed by atoms with Crippen LogP contribution in [0.25, 0.3) is 0 Å². The fraction of sp³-hybridized carbons (Fsp3) is 0.308. The van der Waals surface area contributed by atoms with Gasteiger partial charge < -0.3 is 10.0 Å². The molecule has 1 heterocycles. The van der Waals surface area contributed by atoms with Gasteiger partial charge in [-0.1, -0.05) is 6.58 Å². The third-order valence-corrected chi connectivity index (χ3v) is 4.32. The van der Waals surface area contributed by atoms with E-state index in [9.17, 15) is 13.2 Å². The minimum atomic E-state index is -3.24. The molecule has 1 saturated heterocycles. The smallest absolute Gasteiger partial charge is 0.326 e. The first-order valence-electron chi connectivity index (χ1n) is 5.80. The number of anilines is 1. The van der Waals surface area contributed by atoms with Crippen LogP contribution in [0.3, 0.4) is 0 Å². The molecule has 102 valence electrons. The number of carboxylic acids is 1. The predicted octanol–water partition coefficient (Wildman–Crippen LogP) is 1.66. The topological polar surface area (TPSA) is 74.7 Å². The molecule has 0 aromatic heterocycles. The SMILES string of the molecule is C=C1CC[C@@H](C(=O)O)N1c1ccc(S(C)(=O)=O)cc1. The summed E-state index contributed by atoms with van der Waals surface area (Å²) in [5, 5.41) is 9.17. The number of nitrogens with zero attached hydrogens (tertiary/aromatic N) is 1. The third kappa shape index (κ3) is 2.63. The van der Waals surface area contributed by atoms with Gasteiger partial charge in [-0.25, -0.2) is 13.2 Å². The monoisotopic (exact) mass is 281 g/mol. The minimum absolute atomic E-state index is 0.216. The molecule has 1 aromatic rings. The summed E-state index contributed by atoms with van der Waals surface area (Å²) >= 11 is 0. The van der Waals surface area contributed by atoms with Crippen LogP contribution in [0, 0.1) is 0 Å². The van der Waals surface area contributed by atoms with E-state index in [1.165, 1.54) is 12.1 Å². The maximum absolute atomic E-state index is 11.4. The summed E-state index contributed by atoms with van der Waals surface area (Å²) in [6.45, 7) is 3.86. The summed E-state index contributed by atoms with van der Waals surface area (Å²) in [6, 6.07) is 5.56. The quantitative estimate of drug-likeness (QED) is 0.912. The molecule has 1 N–H and O–H groups in total. The third-order valence-electron chi connectivity index (χ3n) is 3.19. The molecular formula is C13H15NO4S. The van der Waals surface area contributed by atoms with Gasteiger partial charge in [0.05, 0.1) is 4.90 Å². The average Bonchev–Trinajstić information content (AvgIpc) is 2.70. The Morgan fingerprint density at radius 3 is 2.42 bits per heavy atom. The van der Waals surface area contributed by atoms with E-state index in [4.69, 9.17) is 5.11 Å². The van der Waals surface area contributed by atoms with Crippen LogP contribution in [0.5, 0.6) is 0 Å². The number of rotatable bonds is 3. The molecule has 5 nitrogen and oxygen atoms in total. The number of hydrogen-bond donors (Lipinski definition) is 1. The number of sulfone groups is 1. The lowest BCUT2D eigenvalue weighted by Crippen LogP contribution is -2.34. The highest BCUT2D eigenvalue weighted by molar-refractivity contribution is 7.90. The van der Waals surface area contributed by atoms with Crippen molar-refractivity contribution < 1.29 is 18.3 Å². The second-order valence-electron chi connectivity index (χ2n) is 4.60. The molecule has 0 radical (unpaired) electrons. The van der Waals surface area contributed by atoms with Gasteiger partial charge in [-0.3, -0.25) is 0 Å². The van der Waals surface area contributed by atoms with Crippen LogP contribution < -0.4 is 4.90 Å². The van der Waals surface area contributed by atoms with Crippen molar-refractivity contribution in [2.45, 2.75) is 23.8 Å². The highest BCUT2D eigenvalue weighted by Gasteiger charge is 2.33. The van der Waals surface area contributed by atoms with Gasteiger partial charge in [-0.15, -0.1) is 0 Å². The van der Waals surface area contributed by atoms with Gasteiger partial charge in [0.25, 0.3) is 0 Å². The van der Waals surface area contributed by atoms with Gasteiger partial charge in [0.15, 0.2) is 9.84 Å². The van der Waals surface area contributed by atoms with Crippen LogP contribution in [0.4, 0.5) is 5.69 Å². The Balaban J connectivity index is 2.36. The summed E-state index contributed by atoms with van der Waals surface area (Å²) < 4.78 is 22.8. The first-order valence-corrected chi connectivity index (χ1v) is 7.70. The Morgan fingerprint density at radius 2 is 1.95 bits per heavy atom. The summed E-state index contributed by atoms with van der Waals surface area (Å²) in [6.07, 6.45) is 2.28. The van der Waals surface area contributed by atoms with Crippen LogP contribution in [0.2, 0.25) is 0 Å². The second-order valence-corrected chi connectivity index (χ2v) is 6.61. The Labute approximate surface area is 112 Å². The average molecular weight is 281 g/mol. The van der Waals surface area contributed by atoms with Gasteiger partial charge in [0.1, 0.15) is 6.04 Å². The molecule has 0 spiro atoms. The summed E-state index contributed by atoms with van der Waals surface area (Å²) in [4.78, 5) is 13.0. The van der Waals surface area contributed by atoms with Crippen LogP contribution in [0.1, 0.15) is 12.8 Å². The van der Waals surface area contributed by atoms with Crippen LogP contribution in [-0.4, -0.2) is 31.8 Å². The van der Waals surface area contributed by atoms with E-state index in [0.29, 0.717) is 18.5 Å². The molecule has 0 saturated carbocycles. The maximum atomic E-state index is 11.4. The van der Waals surface area contributed by atoms with E-state index in [2.05, 4.69) is 6.58 Å². The lowest BCUT2D eigenvalue weighted by Gasteiger charge is -2.24. The molecule has 1 aromatic carbocycles. The molecule has 1 fully saturated rings. The molecule has 0 amide bonds. The number of aliphatic carboxylic acids is 1. The number of carbonyl (C=O) groups is 1. The molecule has 1 aliphatic rings. The van der Waals surface area contributed by atoms with Crippen molar-refractivity contribution in [1.82, 2.24) is 0 Å². The van der Waals surface area contributed by atoms with Gasteiger partial charge in [0, 0.05) is 17.6 Å². The van der Waals surface area contributed by atoms with Gasteiger partial charge in [0.2, 0.25) is 0 Å². The van der Waals surface area contributed by atoms with Crippen molar-refractivity contribution in [3.63, 3.8) is 0 Å². The van der Waals surface area contributed by atoms with E-state index in [-0.39, 0.29) is 4.90 Å². The van der Waals surface area contributed by atoms with Crippen LogP contribution >= 0.6 is 0 Å². The van der Waals surface area contributed by atoms with Crippen molar-refractivity contribution in [3.05, 3.63) is 36.5 Å². The fourth-order valence-electron chi connectivity index (χ4n) is 2.22. The lowest BCUT2D eigenvalue weighted by atomic mass is 10.2. The fourth-order valence-corrected chi connectivity index (χ4v) is 2.85. The van der Waals surface area contributed by atoms with E-state index < -0.39 is 21.8 Å². The normalized spacial score (nSPS) is 19.7. The van der Waals surface area contributed by atoms with Crippen molar-refractivity contribution in [3.8, 4) is 0 Å². The highest BCUT2D eigenvalue weighted by atomic mass is 32.2. The molecule has 2 rings (SSSR count). The van der Waals surface area contributed by atoms with Crippen molar-refractivity contribution >= 4 is 21.5 Å². The molecule has 0 aliphatic carbocycles. The zero-order chi connectivity index (χ0) is 14.2. The van der Waals surface area contributed by atoms with Gasteiger partial charge >= 0.3 is 5.97 Å². The van der Waals surface area contributed by atoms with Crippen molar-refractivity contribution in [1.29, 1.82) is 0 Å². The Kier molecular flexibility index (Phi) is 3.36. The van der Waals surface area contributed by atoms with Crippen LogP contribution in [0.15, 0.2) is 41.4 Å². The van der Waals surface area contributed by atoms with E-state index in [1.54, 1.807) is 17.0 Å². The maximum Gasteiger partial charge on any atom is 0.326 e. The van der Waals surface area contributed by atoms with Gasteiger partial charge in [-0.05, 0) is 37.1 Å². The first-order chi connectivity index (χ1) is 8.80. The minimum Gasteiger partial charge on any atom is -0.480 e. The second kappa shape index (κ2) is 4.70. The molecule has 1 atom stereocenters. The Morgan fingerprint density at radius 1 is 1.37 bits per heavy atom. The zero-order valence-corrected chi connectivity index (χ0v) is 11.4. The number of hydrogen-bond acceptors (Lipinski definition) is 4. The Bertz CT molecular complexity index is 619. The van der Waals surface area contributed by atoms with Gasteiger partial charge in [-0.2, -0.15) is 0 Å². The molecular weight excluding hydrogens is 266 g/mol. The first kappa shape index (κ1) is 13.6. The Hall–Kier alpha value is -1.82. The molecule has 0 unspecified atom stereocenters. The summed E-state index contributed by atoms with van der Waals surface area (Å²) in [5.74, 6) is -0.897. The number of benzene rings is 1. The molecule has 19 heavy (non-hydrogen) atoms. The predicted molar refractivity (Wildman–Crippen MR) is 71.8 cm³/mol. The van der Waals surface area contributed by atoms with Crippen molar-refractivity contribution in [2.24, 2.45) is 0 Å². The lowest BCUT2D eigenvalue weighted by molar-refractivity contribution is -0.138. The van der Waals surface area contributed by atoms with E-state index in [0.717, 1.165) is 12.0 Å². The highest BCUT2D eigenvalue weighted by Crippen LogP contribution is 2.32. The summed E-state index contributed by atoms with van der Waals surface area (Å²) in [7, 11) is -3.24. The molecule has 6 heteroatoms. The largest absolute Gasteiger partial charge is 0.480 e. The van der Waals surface area contributed by atoms with E-state index in [1.807, 2.05) is 0 Å². The zero-order valence-electron chi connectivity index (χ0n) is 10.5. The molecule has 1 aliphatic heterocycles. The standard InChI is InChI=1S/C13H15NO4S/c1-9-3-8-12(13(15)16)14(9)10-4-6-11(7-5-10)19(2,17)18/h4-7,12H,1,3,8H2,2H3,(H,15,16)/t12-/m0/s1. The van der Waals surface area contributed by atoms with Crippen molar-refractivity contribution in [2.75, 3.05) is 11.2 Å². The summed E-state index contributed by atoms with van der Waals surface area (Å²) in [5.41, 5.74) is 1.39. The number of carboxylic acid groups (broad SMARTS) is 1.